The fourth-order valence-electron chi connectivity index (χ4n) is 1.49. The number of nitrogens with zero attached hydrogens (tertiary/aromatic N) is 1. The summed E-state index contributed by atoms with van der Waals surface area (Å²) in [5.41, 5.74) is 2.51. The van der Waals surface area contributed by atoms with Gasteiger partial charge in [0.25, 0.3) is 0 Å². The Morgan fingerprint density at radius 3 is 2.11 bits per heavy atom. The maximum atomic E-state index is 8.69. The van der Waals surface area contributed by atoms with E-state index >= 15 is 0 Å². The standard InChI is InChI=1S/C16H11NO/c1-2-13-7-9-16(10-8-13)18-12-15-5-3-14(11-17)4-6-15/h1,3-10H,12H2. The van der Waals surface area contributed by atoms with Gasteiger partial charge in [-0.25, -0.2) is 0 Å². The van der Waals surface area contributed by atoms with Crippen molar-refractivity contribution < 1.29 is 4.74 Å². The fraction of sp³-hybridized carbons (Fsp3) is 0.0625. The maximum absolute atomic E-state index is 8.69. The molecule has 0 aliphatic carbocycles. The number of ether oxygens (including phenoxy) is 1. The Kier molecular flexibility index (Phi) is 3.64. The fourth-order valence-corrected chi connectivity index (χ4v) is 1.49. The summed E-state index contributed by atoms with van der Waals surface area (Å²) >= 11 is 0. The molecule has 0 radical (unpaired) electrons. The zero-order valence-electron chi connectivity index (χ0n) is 9.76. The van der Waals surface area contributed by atoms with E-state index in [1.165, 1.54) is 0 Å². The van der Waals surface area contributed by atoms with Crippen LogP contribution in [0.25, 0.3) is 0 Å². The van der Waals surface area contributed by atoms with Crippen molar-refractivity contribution in [2.75, 3.05) is 0 Å². The van der Waals surface area contributed by atoms with Crippen molar-refractivity contribution >= 4 is 0 Å². The molecule has 2 heteroatoms. The number of rotatable bonds is 3. The number of hydrogen-bond acceptors (Lipinski definition) is 2. The van der Waals surface area contributed by atoms with Gasteiger partial charge in [0, 0.05) is 5.56 Å². The van der Waals surface area contributed by atoms with E-state index in [1.807, 2.05) is 36.4 Å². The second kappa shape index (κ2) is 5.57. The molecule has 0 aromatic heterocycles. The summed E-state index contributed by atoms with van der Waals surface area (Å²) in [5.74, 6) is 3.33. The molecule has 0 N–H and O–H groups in total. The molecular formula is C16H11NO. The minimum atomic E-state index is 0.473. The highest BCUT2D eigenvalue weighted by molar-refractivity contribution is 5.37. The number of nitriles is 1. The van der Waals surface area contributed by atoms with Crippen LogP contribution < -0.4 is 4.74 Å². The molecule has 2 aromatic carbocycles. The Morgan fingerprint density at radius 1 is 0.944 bits per heavy atom. The van der Waals surface area contributed by atoms with Gasteiger partial charge in [-0.05, 0) is 42.0 Å². The normalized spacial score (nSPS) is 9.22. The van der Waals surface area contributed by atoms with Gasteiger partial charge in [-0.15, -0.1) is 6.42 Å². The topological polar surface area (TPSA) is 33.0 Å². The first-order valence-electron chi connectivity index (χ1n) is 5.50. The molecule has 0 unspecified atom stereocenters. The van der Waals surface area contributed by atoms with Crippen LogP contribution in [-0.4, -0.2) is 0 Å². The van der Waals surface area contributed by atoms with Gasteiger partial charge in [-0.3, -0.25) is 0 Å². The summed E-state index contributed by atoms with van der Waals surface area (Å²) in [6.07, 6.45) is 5.28. The lowest BCUT2D eigenvalue weighted by atomic mass is 10.1. The predicted molar refractivity (Wildman–Crippen MR) is 69.9 cm³/mol. The number of hydrogen-bond donors (Lipinski definition) is 0. The van der Waals surface area contributed by atoms with Gasteiger partial charge in [-0.1, -0.05) is 18.1 Å². The van der Waals surface area contributed by atoms with Gasteiger partial charge in [0.1, 0.15) is 12.4 Å². The van der Waals surface area contributed by atoms with Crippen molar-refractivity contribution in [1.82, 2.24) is 0 Å². The zero-order chi connectivity index (χ0) is 12.8. The second-order valence-corrected chi connectivity index (χ2v) is 3.77. The molecule has 86 valence electrons. The first kappa shape index (κ1) is 11.8. The van der Waals surface area contributed by atoms with E-state index in [9.17, 15) is 0 Å². The maximum Gasteiger partial charge on any atom is 0.119 e. The lowest BCUT2D eigenvalue weighted by molar-refractivity contribution is 0.306. The van der Waals surface area contributed by atoms with E-state index in [0.29, 0.717) is 12.2 Å². The van der Waals surface area contributed by atoms with E-state index in [-0.39, 0.29) is 0 Å². The summed E-state index contributed by atoms with van der Waals surface area (Å²) in [6.45, 7) is 0.473. The molecule has 0 saturated carbocycles. The third kappa shape index (κ3) is 2.90. The largest absolute Gasteiger partial charge is 0.489 e. The Morgan fingerprint density at radius 2 is 1.56 bits per heavy atom. The van der Waals surface area contributed by atoms with E-state index in [0.717, 1.165) is 16.9 Å². The molecule has 0 fully saturated rings. The van der Waals surface area contributed by atoms with Gasteiger partial charge >= 0.3 is 0 Å². The molecule has 0 aliphatic rings. The predicted octanol–water partition coefficient (Wildman–Crippen LogP) is 3.12. The average Bonchev–Trinajstić information content (AvgIpc) is 2.46. The van der Waals surface area contributed by atoms with Crippen molar-refractivity contribution in [2.24, 2.45) is 0 Å². The average molecular weight is 233 g/mol. The van der Waals surface area contributed by atoms with Crippen molar-refractivity contribution in [3.05, 3.63) is 65.2 Å². The van der Waals surface area contributed by atoms with E-state index in [2.05, 4.69) is 12.0 Å². The van der Waals surface area contributed by atoms with Crippen LogP contribution in [0.3, 0.4) is 0 Å². The van der Waals surface area contributed by atoms with Gasteiger partial charge in [0.05, 0.1) is 11.6 Å². The zero-order valence-corrected chi connectivity index (χ0v) is 9.76. The third-order valence-electron chi connectivity index (χ3n) is 2.51. The third-order valence-corrected chi connectivity index (χ3v) is 2.51. The molecule has 2 rings (SSSR count). The Bertz CT molecular complexity index is 540. The molecule has 0 spiro atoms. The van der Waals surface area contributed by atoms with Gasteiger partial charge in [0.15, 0.2) is 0 Å². The molecule has 2 nitrogen and oxygen atoms in total. The Balaban J connectivity index is 1.98. The smallest absolute Gasteiger partial charge is 0.119 e. The van der Waals surface area contributed by atoms with E-state index < -0.39 is 0 Å². The van der Waals surface area contributed by atoms with Crippen molar-refractivity contribution in [1.29, 1.82) is 5.26 Å². The van der Waals surface area contributed by atoms with Crippen LogP contribution in [0.5, 0.6) is 5.75 Å². The summed E-state index contributed by atoms with van der Waals surface area (Å²) < 4.78 is 5.61. The highest BCUT2D eigenvalue weighted by atomic mass is 16.5. The molecule has 0 atom stereocenters. The van der Waals surface area contributed by atoms with E-state index in [1.54, 1.807) is 12.1 Å². The Labute approximate surface area is 106 Å². The monoisotopic (exact) mass is 233 g/mol. The minimum absolute atomic E-state index is 0.473. The molecule has 0 bridgehead atoms. The van der Waals surface area contributed by atoms with Crippen LogP contribution in [0.15, 0.2) is 48.5 Å². The van der Waals surface area contributed by atoms with Gasteiger partial charge in [0.2, 0.25) is 0 Å². The molecule has 0 heterocycles. The summed E-state index contributed by atoms with van der Waals surface area (Å²) in [4.78, 5) is 0. The van der Waals surface area contributed by atoms with Crippen LogP contribution in [0.4, 0.5) is 0 Å². The van der Waals surface area contributed by atoms with Crippen molar-refractivity contribution in [2.45, 2.75) is 6.61 Å². The highest BCUT2D eigenvalue weighted by Crippen LogP contribution is 2.14. The lowest BCUT2D eigenvalue weighted by Gasteiger charge is -2.06. The molecule has 0 amide bonds. The minimum Gasteiger partial charge on any atom is -0.489 e. The van der Waals surface area contributed by atoms with Crippen LogP contribution in [0, 0.1) is 23.7 Å². The summed E-state index contributed by atoms with van der Waals surface area (Å²) in [6, 6.07) is 16.8. The molecule has 0 aliphatic heterocycles. The molecule has 2 aromatic rings. The van der Waals surface area contributed by atoms with Crippen LogP contribution in [-0.2, 0) is 6.61 Å². The summed E-state index contributed by atoms with van der Waals surface area (Å²) in [7, 11) is 0. The highest BCUT2D eigenvalue weighted by Gasteiger charge is 1.97. The molecule has 0 saturated heterocycles. The first-order valence-corrected chi connectivity index (χ1v) is 5.50. The first-order chi connectivity index (χ1) is 8.81. The van der Waals surface area contributed by atoms with Crippen molar-refractivity contribution in [3.8, 4) is 24.2 Å². The molecule has 18 heavy (non-hydrogen) atoms. The van der Waals surface area contributed by atoms with Gasteiger partial charge < -0.3 is 4.74 Å². The number of terminal acetylenes is 1. The van der Waals surface area contributed by atoms with E-state index in [4.69, 9.17) is 16.4 Å². The second-order valence-electron chi connectivity index (χ2n) is 3.77. The number of benzene rings is 2. The van der Waals surface area contributed by atoms with Crippen LogP contribution >= 0.6 is 0 Å². The Hall–Kier alpha value is -2.71. The van der Waals surface area contributed by atoms with Crippen molar-refractivity contribution in [3.63, 3.8) is 0 Å². The molecular weight excluding hydrogens is 222 g/mol. The summed E-state index contributed by atoms with van der Waals surface area (Å²) in [5, 5.41) is 8.69. The SMILES string of the molecule is C#Cc1ccc(OCc2ccc(C#N)cc2)cc1. The quantitative estimate of drug-likeness (QED) is 0.763. The lowest BCUT2D eigenvalue weighted by Crippen LogP contribution is -1.95. The van der Waals surface area contributed by atoms with Crippen LogP contribution in [0.1, 0.15) is 16.7 Å². The van der Waals surface area contributed by atoms with Crippen LogP contribution in [0.2, 0.25) is 0 Å². The van der Waals surface area contributed by atoms with Gasteiger partial charge in [-0.2, -0.15) is 5.26 Å².